The molecule has 0 spiro atoms. The second-order valence-corrected chi connectivity index (χ2v) is 9.01. The normalized spacial score (nSPS) is 30.3. The average Bonchev–Trinajstić information content (AvgIpc) is 2.72. The first-order valence-corrected chi connectivity index (χ1v) is 10.9. The molecule has 1 amide bonds. The highest BCUT2D eigenvalue weighted by molar-refractivity contribution is 5.78. The van der Waals surface area contributed by atoms with Crippen molar-refractivity contribution in [3.63, 3.8) is 0 Å². The quantitative estimate of drug-likeness (QED) is 0.754. The highest BCUT2D eigenvalue weighted by atomic mass is 16.5. The molecular weight excluding hydrogens is 350 g/mol. The Morgan fingerprint density at radius 1 is 1.18 bits per heavy atom. The smallest absolute Gasteiger partial charge is 0.236 e. The fraction of sp³-hybridized carbons (Fsp3) is 0.696. The van der Waals surface area contributed by atoms with Crippen LogP contribution in [0.5, 0.6) is 0 Å². The van der Waals surface area contributed by atoms with E-state index < -0.39 is 0 Å². The zero-order valence-electron chi connectivity index (χ0n) is 17.4. The molecule has 0 saturated carbocycles. The van der Waals surface area contributed by atoms with Gasteiger partial charge in [0, 0.05) is 45.4 Å². The number of piperidine rings is 3. The van der Waals surface area contributed by atoms with Crippen molar-refractivity contribution < 1.29 is 9.53 Å². The van der Waals surface area contributed by atoms with Crippen LogP contribution in [0.25, 0.3) is 0 Å². The van der Waals surface area contributed by atoms with Gasteiger partial charge < -0.3 is 9.64 Å². The minimum atomic E-state index is 0.289. The SMILES string of the molecule is COCCN(C)CC(=O)N1C[C@@H]2C[C@H](C1)[C@@H]1CCC[C@H](c3ccccc3)N1C2. The summed E-state index contributed by atoms with van der Waals surface area (Å²) < 4.78 is 5.13. The zero-order chi connectivity index (χ0) is 19.5. The van der Waals surface area contributed by atoms with Gasteiger partial charge in [-0.05, 0) is 50.1 Å². The highest BCUT2D eigenvalue weighted by Crippen LogP contribution is 2.44. The molecule has 1 aromatic rings. The number of rotatable bonds is 6. The number of nitrogens with zero attached hydrogens (tertiary/aromatic N) is 3. The van der Waals surface area contributed by atoms with Crippen LogP contribution in [0.1, 0.15) is 37.3 Å². The Balaban J connectivity index is 1.41. The molecule has 3 saturated heterocycles. The van der Waals surface area contributed by atoms with Crippen molar-refractivity contribution in [1.29, 1.82) is 0 Å². The summed E-state index contributed by atoms with van der Waals surface area (Å²) in [4.78, 5) is 19.9. The van der Waals surface area contributed by atoms with E-state index >= 15 is 0 Å². The third-order valence-corrected chi connectivity index (χ3v) is 7.01. The van der Waals surface area contributed by atoms with E-state index in [0.717, 1.165) is 26.2 Å². The summed E-state index contributed by atoms with van der Waals surface area (Å²) in [6.45, 7) is 4.99. The molecular formula is C23H35N3O2. The van der Waals surface area contributed by atoms with Crippen LogP contribution in [0, 0.1) is 11.8 Å². The van der Waals surface area contributed by atoms with Crippen LogP contribution in [0.2, 0.25) is 0 Å². The molecule has 3 fully saturated rings. The number of hydrogen-bond donors (Lipinski definition) is 0. The molecule has 0 unspecified atom stereocenters. The number of ether oxygens (including phenoxy) is 1. The van der Waals surface area contributed by atoms with Crippen LogP contribution < -0.4 is 0 Å². The van der Waals surface area contributed by atoms with Crippen molar-refractivity contribution in [3.8, 4) is 0 Å². The summed E-state index contributed by atoms with van der Waals surface area (Å²) in [7, 11) is 3.72. The Bertz CT molecular complexity index is 653. The van der Waals surface area contributed by atoms with Crippen LogP contribution in [-0.4, -0.2) is 80.1 Å². The van der Waals surface area contributed by atoms with Crippen LogP contribution in [0.4, 0.5) is 0 Å². The van der Waals surface area contributed by atoms with E-state index in [0.29, 0.717) is 37.1 Å². The maximum Gasteiger partial charge on any atom is 0.236 e. The summed E-state index contributed by atoms with van der Waals surface area (Å²) in [5.74, 6) is 1.54. The molecule has 5 heteroatoms. The lowest BCUT2D eigenvalue weighted by atomic mass is 9.74. The Kier molecular flexibility index (Phi) is 6.34. The number of methoxy groups -OCH3 is 1. The largest absolute Gasteiger partial charge is 0.383 e. The minimum Gasteiger partial charge on any atom is -0.383 e. The summed E-state index contributed by atoms with van der Waals surface area (Å²) >= 11 is 0. The van der Waals surface area contributed by atoms with Crippen LogP contribution >= 0.6 is 0 Å². The Morgan fingerprint density at radius 2 is 2.00 bits per heavy atom. The number of hydrogen-bond acceptors (Lipinski definition) is 4. The molecule has 154 valence electrons. The molecule has 0 aliphatic carbocycles. The average molecular weight is 386 g/mol. The van der Waals surface area contributed by atoms with Gasteiger partial charge in [0.25, 0.3) is 0 Å². The molecule has 3 aliphatic heterocycles. The molecule has 0 aromatic heterocycles. The van der Waals surface area contributed by atoms with Crippen molar-refractivity contribution in [3.05, 3.63) is 35.9 Å². The van der Waals surface area contributed by atoms with Gasteiger partial charge in [-0.25, -0.2) is 0 Å². The molecule has 28 heavy (non-hydrogen) atoms. The lowest BCUT2D eigenvalue weighted by molar-refractivity contribution is -0.140. The monoisotopic (exact) mass is 385 g/mol. The van der Waals surface area contributed by atoms with E-state index in [1.54, 1.807) is 7.11 Å². The first-order chi connectivity index (χ1) is 13.7. The highest BCUT2D eigenvalue weighted by Gasteiger charge is 2.45. The molecule has 3 heterocycles. The fourth-order valence-corrected chi connectivity index (χ4v) is 5.70. The lowest BCUT2D eigenvalue weighted by Crippen LogP contribution is -2.61. The van der Waals surface area contributed by atoms with Gasteiger partial charge in [0.2, 0.25) is 5.91 Å². The number of likely N-dealkylation sites (tertiary alicyclic amines) is 1. The molecule has 0 N–H and O–H groups in total. The number of carbonyl (C=O) groups is 1. The van der Waals surface area contributed by atoms with Crippen LogP contribution in [0.15, 0.2) is 30.3 Å². The molecule has 2 bridgehead atoms. The number of amides is 1. The fourth-order valence-electron chi connectivity index (χ4n) is 5.70. The first kappa shape index (κ1) is 19.9. The minimum absolute atomic E-state index is 0.289. The Hall–Kier alpha value is -1.43. The number of benzene rings is 1. The molecule has 1 aromatic carbocycles. The van der Waals surface area contributed by atoms with Gasteiger partial charge in [0.05, 0.1) is 13.2 Å². The van der Waals surface area contributed by atoms with Crippen LogP contribution in [0.3, 0.4) is 0 Å². The molecule has 4 atom stereocenters. The van der Waals surface area contributed by atoms with Crippen molar-refractivity contribution in [2.24, 2.45) is 11.8 Å². The van der Waals surface area contributed by atoms with Gasteiger partial charge in [-0.15, -0.1) is 0 Å². The second-order valence-electron chi connectivity index (χ2n) is 9.01. The lowest BCUT2D eigenvalue weighted by Gasteiger charge is -2.55. The van der Waals surface area contributed by atoms with E-state index in [1.807, 2.05) is 7.05 Å². The van der Waals surface area contributed by atoms with E-state index in [2.05, 4.69) is 45.0 Å². The summed E-state index contributed by atoms with van der Waals surface area (Å²) in [5.41, 5.74) is 1.47. The van der Waals surface area contributed by atoms with E-state index in [-0.39, 0.29) is 5.91 Å². The number of carbonyl (C=O) groups excluding carboxylic acids is 1. The summed E-state index contributed by atoms with van der Waals surface area (Å²) in [5, 5.41) is 0. The Morgan fingerprint density at radius 3 is 2.79 bits per heavy atom. The van der Waals surface area contributed by atoms with Gasteiger partial charge in [-0.3, -0.25) is 14.6 Å². The Labute approximate surface area is 169 Å². The predicted octanol–water partition coefficient (Wildman–Crippen LogP) is 2.64. The summed E-state index contributed by atoms with van der Waals surface area (Å²) in [6.07, 6.45) is 5.16. The molecule has 5 nitrogen and oxygen atoms in total. The third kappa shape index (κ3) is 4.27. The van der Waals surface area contributed by atoms with E-state index in [9.17, 15) is 4.79 Å². The van der Waals surface area contributed by atoms with Crippen molar-refractivity contribution >= 4 is 5.91 Å². The zero-order valence-corrected chi connectivity index (χ0v) is 17.4. The first-order valence-electron chi connectivity index (χ1n) is 10.9. The summed E-state index contributed by atoms with van der Waals surface area (Å²) in [6, 6.07) is 12.2. The predicted molar refractivity (Wildman–Crippen MR) is 111 cm³/mol. The molecule has 0 radical (unpaired) electrons. The van der Waals surface area contributed by atoms with E-state index in [1.165, 1.54) is 31.2 Å². The maximum absolute atomic E-state index is 12.9. The third-order valence-electron chi connectivity index (χ3n) is 7.01. The standard InChI is InChI=1S/C23H35N3O2/c1-24(11-12-28-2)17-23(27)25-14-18-13-20(16-25)22-10-6-9-21(26(22)15-18)19-7-4-3-5-8-19/h3-5,7-8,18,20-22H,6,9-17H2,1-2H3/t18-,20+,21+,22-/m0/s1. The second kappa shape index (κ2) is 8.93. The number of likely N-dealkylation sites (N-methyl/N-ethyl adjacent to an activating group) is 1. The molecule has 4 rings (SSSR count). The van der Waals surface area contributed by atoms with Crippen LogP contribution in [-0.2, 0) is 9.53 Å². The number of fused-ring (bicyclic) bond motifs is 4. The van der Waals surface area contributed by atoms with Crippen molar-refractivity contribution in [1.82, 2.24) is 14.7 Å². The van der Waals surface area contributed by atoms with Gasteiger partial charge in [-0.2, -0.15) is 0 Å². The van der Waals surface area contributed by atoms with Gasteiger partial charge in [0.15, 0.2) is 0 Å². The van der Waals surface area contributed by atoms with Gasteiger partial charge in [-0.1, -0.05) is 30.3 Å². The van der Waals surface area contributed by atoms with Crippen molar-refractivity contribution in [2.45, 2.75) is 37.8 Å². The molecule has 3 aliphatic rings. The van der Waals surface area contributed by atoms with Gasteiger partial charge >= 0.3 is 0 Å². The van der Waals surface area contributed by atoms with Crippen molar-refractivity contribution in [2.75, 3.05) is 53.5 Å². The topological polar surface area (TPSA) is 36.0 Å². The maximum atomic E-state index is 12.9. The van der Waals surface area contributed by atoms with Gasteiger partial charge in [0.1, 0.15) is 0 Å². The van der Waals surface area contributed by atoms with E-state index in [4.69, 9.17) is 4.74 Å².